The van der Waals surface area contributed by atoms with Gasteiger partial charge in [0.1, 0.15) is 0 Å². The summed E-state index contributed by atoms with van der Waals surface area (Å²) >= 11 is 0. The van der Waals surface area contributed by atoms with Crippen molar-refractivity contribution < 1.29 is 55.6 Å². The molecule has 12 nitrogen and oxygen atoms in total. The van der Waals surface area contributed by atoms with Gasteiger partial charge in [0, 0.05) is 48.1 Å². The molecule has 4 aliphatic heterocycles. The summed E-state index contributed by atoms with van der Waals surface area (Å²) in [6.07, 6.45) is 6.34. The number of ether oxygens (including phenoxy) is 8. The summed E-state index contributed by atoms with van der Waals surface area (Å²) in [6.45, 7) is 39.3. The molecular weight excluding hydrogens is 845 g/mol. The van der Waals surface area contributed by atoms with Gasteiger partial charge in [-0.3, -0.25) is 0 Å². The van der Waals surface area contributed by atoms with Crippen molar-refractivity contribution in [1.29, 1.82) is 0 Å². The molecule has 0 aromatic heterocycles. The van der Waals surface area contributed by atoms with Crippen molar-refractivity contribution in [2.75, 3.05) is 106 Å². The van der Waals surface area contributed by atoms with Crippen molar-refractivity contribution in [2.45, 2.75) is 162 Å². The van der Waals surface area contributed by atoms with Gasteiger partial charge in [0.25, 0.3) is 0 Å². The van der Waals surface area contributed by atoms with Crippen LogP contribution in [0.15, 0.2) is 0 Å². The van der Waals surface area contributed by atoms with Gasteiger partial charge in [0.15, 0.2) is 33.3 Å². The SMILES string of the molecule is CCC1(COCCC[Si](C)(C)OC(O[Si](C)(C)CCCOCC2(CC)COC2)(O[Si](C)(C)CCCOCC2(CC)COC2)O[Si](C)(C)CCCOCC2(CC)COC2)COC1. The minimum absolute atomic E-state index is 0.174. The van der Waals surface area contributed by atoms with Crippen LogP contribution in [0, 0.1) is 21.7 Å². The zero-order valence-corrected chi connectivity index (χ0v) is 45.2. The van der Waals surface area contributed by atoms with E-state index in [0.717, 1.165) is 155 Å². The molecule has 61 heavy (non-hydrogen) atoms. The topological polar surface area (TPSA) is 111 Å². The molecule has 360 valence electrons. The van der Waals surface area contributed by atoms with Crippen LogP contribution < -0.4 is 0 Å². The van der Waals surface area contributed by atoms with Crippen molar-refractivity contribution in [1.82, 2.24) is 0 Å². The highest BCUT2D eigenvalue weighted by Gasteiger charge is 2.52. The fraction of sp³-hybridized carbons (Fsp3) is 1.00. The molecule has 0 radical (unpaired) electrons. The fourth-order valence-corrected chi connectivity index (χ4v) is 16.5. The van der Waals surface area contributed by atoms with Gasteiger partial charge < -0.3 is 55.6 Å². The van der Waals surface area contributed by atoms with Crippen molar-refractivity contribution >= 4 is 33.3 Å². The molecule has 0 aliphatic carbocycles. The maximum Gasteiger partial charge on any atom is 0.373 e. The summed E-state index contributed by atoms with van der Waals surface area (Å²) in [7, 11) is -9.84. The van der Waals surface area contributed by atoms with Crippen LogP contribution in [0.4, 0.5) is 0 Å². The van der Waals surface area contributed by atoms with Crippen LogP contribution >= 0.6 is 0 Å². The number of rotatable bonds is 36. The van der Waals surface area contributed by atoms with Crippen LogP contribution in [0.2, 0.25) is 76.6 Å². The van der Waals surface area contributed by atoms with Gasteiger partial charge in [-0.1, -0.05) is 27.7 Å². The van der Waals surface area contributed by atoms with Gasteiger partial charge in [-0.2, -0.15) is 0 Å². The normalized spacial score (nSPS) is 21.0. The Kier molecular flexibility index (Phi) is 21.2. The van der Waals surface area contributed by atoms with Crippen LogP contribution in [-0.2, 0) is 55.6 Å². The standard InChI is InChI=1S/C45H92O12Si4/c1-13-41(33-50-34-41)29-46-21-17-25-58(5,6)54-45(55-59(7,8)26-18-22-47-30-42(14-2)35-51-36-42,56-60(9,10)27-19-23-48-31-43(15-3)37-52-38-43)57-61(11,12)28-20-24-49-32-44(16-4)39-53-40-44/h13-40H2,1-12H3. The zero-order chi connectivity index (χ0) is 44.8. The van der Waals surface area contributed by atoms with E-state index in [1.54, 1.807) is 0 Å². The summed E-state index contributed by atoms with van der Waals surface area (Å²) in [5.41, 5.74) is 0.694. The zero-order valence-electron chi connectivity index (χ0n) is 41.2. The van der Waals surface area contributed by atoms with E-state index < -0.39 is 39.4 Å². The Morgan fingerprint density at radius 3 is 0.705 bits per heavy atom. The minimum Gasteiger partial charge on any atom is -0.381 e. The van der Waals surface area contributed by atoms with Gasteiger partial charge in [-0.25, -0.2) is 0 Å². The van der Waals surface area contributed by atoms with Crippen LogP contribution in [0.3, 0.4) is 0 Å². The van der Waals surface area contributed by atoms with Crippen LogP contribution in [0.1, 0.15) is 79.1 Å². The van der Waals surface area contributed by atoms with Gasteiger partial charge in [0.2, 0.25) is 0 Å². The maximum atomic E-state index is 7.43. The van der Waals surface area contributed by atoms with E-state index in [0.29, 0.717) is 26.4 Å². The smallest absolute Gasteiger partial charge is 0.373 e. The molecule has 0 N–H and O–H groups in total. The van der Waals surface area contributed by atoms with Gasteiger partial charge in [-0.15, -0.1) is 0 Å². The Balaban J connectivity index is 1.48. The molecule has 0 atom stereocenters. The molecule has 0 unspecified atom stereocenters. The van der Waals surface area contributed by atoms with E-state index >= 15 is 0 Å². The van der Waals surface area contributed by atoms with Crippen molar-refractivity contribution in [3.8, 4) is 0 Å². The monoisotopic (exact) mass is 937 g/mol. The summed E-state index contributed by atoms with van der Waals surface area (Å²) in [5, 5.41) is 0. The number of hydrogen-bond acceptors (Lipinski definition) is 12. The van der Waals surface area contributed by atoms with Crippen LogP contribution in [0.25, 0.3) is 0 Å². The minimum atomic E-state index is -2.46. The Morgan fingerprint density at radius 2 is 0.557 bits per heavy atom. The molecule has 0 bridgehead atoms. The lowest BCUT2D eigenvalue weighted by Gasteiger charge is -2.49. The predicted molar refractivity (Wildman–Crippen MR) is 252 cm³/mol. The Bertz CT molecular complexity index is 1040. The highest BCUT2D eigenvalue weighted by molar-refractivity contribution is 6.74. The quantitative estimate of drug-likeness (QED) is 0.0339. The maximum absolute atomic E-state index is 7.43. The summed E-state index contributed by atoms with van der Waals surface area (Å²) < 4.78 is 76.9. The summed E-state index contributed by atoms with van der Waals surface area (Å²) in [5.74, 6) is 0. The highest BCUT2D eigenvalue weighted by atomic mass is 28.4. The predicted octanol–water partition coefficient (Wildman–Crippen LogP) is 9.82. The molecule has 4 rings (SSSR count). The summed E-state index contributed by atoms with van der Waals surface area (Å²) in [6, 6.07) is 3.60. The van der Waals surface area contributed by atoms with Crippen molar-refractivity contribution in [2.24, 2.45) is 21.7 Å². The Morgan fingerprint density at radius 1 is 0.361 bits per heavy atom. The van der Waals surface area contributed by atoms with E-state index in [1.165, 1.54) is 0 Å². The average Bonchev–Trinajstić information content (AvgIpc) is 3.10. The molecule has 0 aromatic rings. The Labute approximate surface area is 376 Å². The second kappa shape index (κ2) is 23.9. The first-order valence-corrected chi connectivity index (χ1v) is 36.6. The second-order valence-corrected chi connectivity index (χ2v) is 38.9. The third-order valence-electron chi connectivity index (χ3n) is 13.8. The first kappa shape index (κ1) is 54.0. The molecule has 0 spiro atoms. The molecule has 4 saturated heterocycles. The van der Waals surface area contributed by atoms with Gasteiger partial charge >= 0.3 is 6.16 Å². The lowest BCUT2D eigenvalue weighted by atomic mass is 9.84. The van der Waals surface area contributed by atoms with Gasteiger partial charge in [0.05, 0.1) is 79.3 Å². The van der Waals surface area contributed by atoms with Crippen molar-refractivity contribution in [3.05, 3.63) is 0 Å². The summed E-state index contributed by atoms with van der Waals surface area (Å²) in [4.78, 5) is 0. The molecule has 4 heterocycles. The highest BCUT2D eigenvalue weighted by Crippen LogP contribution is 2.39. The molecule has 0 amide bonds. The molecule has 0 aromatic carbocycles. The van der Waals surface area contributed by atoms with E-state index in [2.05, 4.69) is 80.1 Å². The third-order valence-corrected chi connectivity index (χ3v) is 23.2. The average molecular weight is 938 g/mol. The molecule has 4 fully saturated rings. The van der Waals surface area contributed by atoms with E-state index in [4.69, 9.17) is 55.6 Å². The molecule has 16 heteroatoms. The van der Waals surface area contributed by atoms with Gasteiger partial charge in [-0.05, 0) is 128 Å². The van der Waals surface area contributed by atoms with Crippen LogP contribution in [0.5, 0.6) is 0 Å². The second-order valence-electron chi connectivity index (χ2n) is 22.0. The molecule has 0 saturated carbocycles. The van der Waals surface area contributed by atoms with E-state index in [9.17, 15) is 0 Å². The van der Waals surface area contributed by atoms with E-state index in [1.807, 2.05) is 0 Å². The Hall–Kier alpha value is 0.388. The fourth-order valence-electron chi connectivity index (χ4n) is 8.36. The first-order valence-electron chi connectivity index (χ1n) is 24.2. The van der Waals surface area contributed by atoms with E-state index in [-0.39, 0.29) is 21.7 Å². The van der Waals surface area contributed by atoms with Crippen LogP contribution in [-0.4, -0.2) is 145 Å². The molecular formula is C45H92O12Si4. The lowest BCUT2D eigenvalue weighted by molar-refractivity contribution is -0.389. The largest absolute Gasteiger partial charge is 0.381 e. The lowest BCUT2D eigenvalue weighted by Crippen LogP contribution is -2.62. The van der Waals surface area contributed by atoms with Crippen molar-refractivity contribution in [3.63, 3.8) is 0 Å². The third kappa shape index (κ3) is 17.5. The number of hydrogen-bond donors (Lipinski definition) is 0. The first-order chi connectivity index (χ1) is 28.7. The molecule has 4 aliphatic rings.